The van der Waals surface area contributed by atoms with E-state index in [1.54, 1.807) is 0 Å². The summed E-state index contributed by atoms with van der Waals surface area (Å²) < 4.78 is 26.0. The van der Waals surface area contributed by atoms with E-state index < -0.39 is 10.0 Å². The molecular formula is C12H17N3O3S. The molecule has 0 aliphatic heterocycles. The van der Waals surface area contributed by atoms with Crippen LogP contribution in [0.3, 0.4) is 0 Å². The number of nitrogens with two attached hydrogens (primary N) is 1. The lowest BCUT2D eigenvalue weighted by Crippen LogP contribution is -2.34. The predicted molar refractivity (Wildman–Crippen MR) is 71.7 cm³/mol. The van der Waals surface area contributed by atoms with Crippen molar-refractivity contribution in [2.45, 2.75) is 18.2 Å². The molecule has 0 aliphatic rings. The predicted octanol–water partition coefficient (Wildman–Crippen LogP) is 0.533. The topological polar surface area (TPSA) is 107 Å². The van der Waals surface area contributed by atoms with Crippen LogP contribution in [0, 0.1) is 11.3 Å². The van der Waals surface area contributed by atoms with Crippen molar-refractivity contribution in [2.24, 2.45) is 0 Å². The Hall–Kier alpha value is -1.62. The molecule has 0 aromatic heterocycles. The molecule has 1 aromatic carbocycles. The van der Waals surface area contributed by atoms with Gasteiger partial charge in [-0.15, -0.1) is 0 Å². The van der Waals surface area contributed by atoms with Gasteiger partial charge < -0.3 is 10.8 Å². The number of aliphatic hydroxyl groups excluding tert-OH is 1. The Morgan fingerprint density at radius 3 is 2.63 bits per heavy atom. The molecule has 104 valence electrons. The summed E-state index contributed by atoms with van der Waals surface area (Å²) in [5.41, 5.74) is 5.89. The lowest BCUT2D eigenvalue weighted by Gasteiger charge is -2.21. The van der Waals surface area contributed by atoms with Crippen LogP contribution in [0.2, 0.25) is 0 Å². The molecule has 0 heterocycles. The first-order valence-corrected chi connectivity index (χ1v) is 7.32. The van der Waals surface area contributed by atoms with E-state index in [2.05, 4.69) is 0 Å². The third kappa shape index (κ3) is 3.44. The number of rotatable bonds is 6. The minimum Gasteiger partial charge on any atom is -0.399 e. The molecule has 0 amide bonds. The maximum absolute atomic E-state index is 12.4. The van der Waals surface area contributed by atoms with E-state index in [-0.39, 0.29) is 30.2 Å². The highest BCUT2D eigenvalue weighted by Crippen LogP contribution is 2.22. The largest absolute Gasteiger partial charge is 0.399 e. The summed E-state index contributed by atoms with van der Waals surface area (Å²) in [6, 6.07) is 5.93. The second-order valence-electron chi connectivity index (χ2n) is 4.00. The van der Waals surface area contributed by atoms with E-state index in [9.17, 15) is 8.42 Å². The van der Waals surface area contributed by atoms with Crippen LogP contribution in [0.15, 0.2) is 23.1 Å². The minimum absolute atomic E-state index is 0.00538. The molecule has 0 bridgehead atoms. The lowest BCUT2D eigenvalue weighted by atomic mass is 10.2. The van der Waals surface area contributed by atoms with Gasteiger partial charge in [-0.25, -0.2) is 8.42 Å². The first-order chi connectivity index (χ1) is 8.97. The van der Waals surface area contributed by atoms with Crippen molar-refractivity contribution in [2.75, 3.05) is 25.4 Å². The Labute approximate surface area is 113 Å². The molecule has 0 saturated heterocycles. The average Bonchev–Trinajstić information content (AvgIpc) is 2.38. The summed E-state index contributed by atoms with van der Waals surface area (Å²) in [5, 5.41) is 18.0. The second-order valence-corrected chi connectivity index (χ2v) is 5.90. The van der Waals surface area contributed by atoms with Crippen molar-refractivity contribution < 1.29 is 13.5 Å². The van der Waals surface area contributed by atoms with Crippen LogP contribution in [0.25, 0.3) is 0 Å². The summed E-state index contributed by atoms with van der Waals surface area (Å²) in [6.07, 6.45) is 0.621. The molecule has 0 saturated carbocycles. The normalized spacial score (nSPS) is 11.5. The third-order valence-electron chi connectivity index (χ3n) is 2.56. The van der Waals surface area contributed by atoms with Crippen molar-refractivity contribution in [3.63, 3.8) is 0 Å². The van der Waals surface area contributed by atoms with E-state index in [0.717, 1.165) is 0 Å². The van der Waals surface area contributed by atoms with Crippen molar-refractivity contribution in [1.29, 1.82) is 5.26 Å². The van der Waals surface area contributed by atoms with E-state index in [1.165, 1.54) is 22.5 Å². The van der Waals surface area contributed by atoms with Crippen molar-refractivity contribution in [1.82, 2.24) is 4.31 Å². The van der Waals surface area contributed by atoms with Gasteiger partial charge in [0.1, 0.15) is 11.0 Å². The van der Waals surface area contributed by atoms with Crippen LogP contribution in [0.5, 0.6) is 0 Å². The Bertz CT molecular complexity index is 572. The molecule has 1 rings (SSSR count). The molecule has 7 heteroatoms. The van der Waals surface area contributed by atoms with Crippen molar-refractivity contribution in [3.8, 4) is 6.07 Å². The molecule has 3 N–H and O–H groups in total. The average molecular weight is 283 g/mol. The molecule has 0 aliphatic carbocycles. The number of nitriles is 1. The van der Waals surface area contributed by atoms with Gasteiger partial charge >= 0.3 is 0 Å². The van der Waals surface area contributed by atoms with Gasteiger partial charge in [0.15, 0.2) is 0 Å². The second kappa shape index (κ2) is 6.52. The Kier molecular flexibility index (Phi) is 5.30. The van der Waals surface area contributed by atoms with Gasteiger partial charge in [-0.2, -0.15) is 9.57 Å². The minimum atomic E-state index is -3.79. The van der Waals surface area contributed by atoms with Crippen molar-refractivity contribution in [3.05, 3.63) is 23.8 Å². The van der Waals surface area contributed by atoms with E-state index >= 15 is 0 Å². The van der Waals surface area contributed by atoms with Gasteiger partial charge in [-0.05, 0) is 24.6 Å². The molecule has 0 spiro atoms. The fourth-order valence-electron chi connectivity index (χ4n) is 1.71. The van der Waals surface area contributed by atoms with Gasteiger partial charge in [-0.3, -0.25) is 0 Å². The number of hydrogen-bond donors (Lipinski definition) is 2. The zero-order valence-corrected chi connectivity index (χ0v) is 11.5. The maximum atomic E-state index is 12.4. The fourth-order valence-corrected chi connectivity index (χ4v) is 3.36. The van der Waals surface area contributed by atoms with Crippen LogP contribution in [0.4, 0.5) is 5.69 Å². The highest BCUT2D eigenvalue weighted by atomic mass is 32.2. The Morgan fingerprint density at radius 1 is 1.42 bits per heavy atom. The summed E-state index contributed by atoms with van der Waals surface area (Å²) >= 11 is 0. The molecule has 0 radical (unpaired) electrons. The maximum Gasteiger partial charge on any atom is 0.244 e. The van der Waals surface area contributed by atoms with Crippen LogP contribution in [0.1, 0.15) is 18.9 Å². The molecule has 0 fully saturated rings. The number of nitrogens with zero attached hydrogens (tertiary/aromatic N) is 2. The smallest absolute Gasteiger partial charge is 0.244 e. The third-order valence-corrected chi connectivity index (χ3v) is 4.52. The first-order valence-electron chi connectivity index (χ1n) is 5.88. The Morgan fingerprint density at radius 2 is 2.11 bits per heavy atom. The van der Waals surface area contributed by atoms with Crippen LogP contribution in [-0.2, 0) is 10.0 Å². The molecule has 6 nitrogen and oxygen atoms in total. The van der Waals surface area contributed by atoms with Crippen molar-refractivity contribution >= 4 is 15.7 Å². The van der Waals surface area contributed by atoms with Gasteiger partial charge in [0.05, 0.1) is 12.2 Å². The van der Waals surface area contributed by atoms with Gasteiger partial charge in [-0.1, -0.05) is 6.92 Å². The Balaban J connectivity index is 3.29. The van der Waals surface area contributed by atoms with Crippen LogP contribution < -0.4 is 5.73 Å². The molecular weight excluding hydrogens is 266 g/mol. The summed E-state index contributed by atoms with van der Waals surface area (Å²) in [7, 11) is -3.79. The highest BCUT2D eigenvalue weighted by Gasteiger charge is 2.26. The monoisotopic (exact) mass is 283 g/mol. The van der Waals surface area contributed by atoms with Gasteiger partial charge in [0.2, 0.25) is 10.0 Å². The molecule has 1 aromatic rings. The number of anilines is 1. The number of nitrogen functional groups attached to an aromatic ring is 1. The van der Waals surface area contributed by atoms with E-state index in [1.807, 2.05) is 13.0 Å². The van der Waals surface area contributed by atoms with Crippen LogP contribution >= 0.6 is 0 Å². The fraction of sp³-hybridized carbons (Fsp3) is 0.417. The first kappa shape index (κ1) is 15.4. The van der Waals surface area contributed by atoms with Crippen LogP contribution in [-0.4, -0.2) is 37.5 Å². The SMILES string of the molecule is CCCN(CCO)S(=O)(=O)c1ccc(N)cc1C#N. The zero-order valence-electron chi connectivity index (χ0n) is 10.7. The number of aliphatic hydroxyl groups is 1. The number of sulfonamides is 1. The van der Waals surface area contributed by atoms with E-state index in [4.69, 9.17) is 16.1 Å². The molecule has 19 heavy (non-hydrogen) atoms. The summed E-state index contributed by atoms with van der Waals surface area (Å²) in [4.78, 5) is -0.0777. The molecule has 0 unspecified atom stereocenters. The quantitative estimate of drug-likeness (QED) is 0.741. The van der Waals surface area contributed by atoms with Gasteiger partial charge in [0, 0.05) is 18.8 Å². The molecule has 0 atom stereocenters. The van der Waals surface area contributed by atoms with Gasteiger partial charge in [0.25, 0.3) is 0 Å². The summed E-state index contributed by atoms with van der Waals surface area (Å²) in [6.45, 7) is 1.87. The summed E-state index contributed by atoms with van der Waals surface area (Å²) in [5.74, 6) is 0. The highest BCUT2D eigenvalue weighted by molar-refractivity contribution is 7.89. The number of benzene rings is 1. The number of hydrogen-bond acceptors (Lipinski definition) is 5. The lowest BCUT2D eigenvalue weighted by molar-refractivity contribution is 0.253. The standard InChI is InChI=1S/C12H17N3O3S/c1-2-5-15(6-7-16)19(17,18)12-4-3-11(14)8-10(12)9-13/h3-4,8,16H,2,5-7,14H2,1H3. The van der Waals surface area contributed by atoms with E-state index in [0.29, 0.717) is 12.1 Å². The zero-order chi connectivity index (χ0) is 14.5.